The third-order valence-electron chi connectivity index (χ3n) is 4.79. The number of rotatable bonds is 5. The molecule has 32 heavy (non-hydrogen) atoms. The van der Waals surface area contributed by atoms with E-state index in [9.17, 15) is 14.4 Å². The third kappa shape index (κ3) is 5.40. The van der Waals surface area contributed by atoms with Gasteiger partial charge in [0, 0.05) is 17.4 Å². The molecule has 0 saturated heterocycles. The quantitative estimate of drug-likeness (QED) is 0.362. The predicted octanol–water partition coefficient (Wildman–Crippen LogP) is 4.95. The molecule has 7 heteroatoms. The number of hydrogen-bond donors (Lipinski definition) is 0. The van der Waals surface area contributed by atoms with Crippen molar-refractivity contribution in [3.05, 3.63) is 58.5 Å². The zero-order valence-electron chi connectivity index (χ0n) is 18.9. The van der Waals surface area contributed by atoms with Gasteiger partial charge in [0.15, 0.2) is 0 Å². The van der Waals surface area contributed by atoms with Gasteiger partial charge in [0.05, 0.1) is 17.2 Å². The average Bonchev–Trinajstić information content (AvgIpc) is 2.71. The van der Waals surface area contributed by atoms with Gasteiger partial charge < -0.3 is 9.47 Å². The first kappa shape index (κ1) is 23.6. The standard InChI is InChI=1S/C25H27NO5S/c1-6-30-23(28)15-26-19-9-7-8-10-21(19)32-22(24(26)29)14-17-11-12-20(31-16(2)27)18(13-17)25(3,4)5/h7-14H,6,15H2,1-5H3. The van der Waals surface area contributed by atoms with Crippen LogP contribution in [0.25, 0.3) is 6.08 Å². The highest BCUT2D eigenvalue weighted by Crippen LogP contribution is 2.42. The van der Waals surface area contributed by atoms with E-state index in [1.807, 2.05) is 57.2 Å². The number of hydrogen-bond acceptors (Lipinski definition) is 6. The average molecular weight is 454 g/mol. The van der Waals surface area contributed by atoms with Crippen molar-refractivity contribution in [2.45, 2.75) is 44.9 Å². The minimum absolute atomic E-state index is 0.153. The van der Waals surface area contributed by atoms with Crippen molar-refractivity contribution in [3.8, 4) is 5.75 Å². The normalized spacial score (nSPS) is 14.8. The summed E-state index contributed by atoms with van der Waals surface area (Å²) in [6, 6.07) is 13.0. The molecule has 3 rings (SSSR count). The Hall–Kier alpha value is -3.06. The molecule has 1 heterocycles. The van der Waals surface area contributed by atoms with Gasteiger partial charge in [-0.05, 0) is 48.2 Å². The van der Waals surface area contributed by atoms with E-state index in [4.69, 9.17) is 9.47 Å². The molecule has 168 valence electrons. The van der Waals surface area contributed by atoms with Gasteiger partial charge in [0.1, 0.15) is 12.3 Å². The lowest BCUT2D eigenvalue weighted by Gasteiger charge is -2.29. The molecule has 0 N–H and O–H groups in total. The summed E-state index contributed by atoms with van der Waals surface area (Å²) in [5.41, 5.74) is 2.08. The van der Waals surface area contributed by atoms with Gasteiger partial charge in [-0.3, -0.25) is 19.3 Å². The molecule has 0 radical (unpaired) electrons. The molecule has 2 aromatic carbocycles. The lowest BCUT2D eigenvalue weighted by Crippen LogP contribution is -2.39. The molecule has 0 saturated carbocycles. The van der Waals surface area contributed by atoms with Crippen LogP contribution in [0, 0.1) is 0 Å². The number of fused-ring (bicyclic) bond motifs is 1. The SMILES string of the molecule is CCOC(=O)CN1C(=O)C(=Cc2ccc(OC(C)=O)c(C(C)(C)C)c2)Sc2ccccc21. The first-order valence-electron chi connectivity index (χ1n) is 10.4. The molecule has 0 unspecified atom stereocenters. The van der Waals surface area contributed by atoms with Gasteiger partial charge in [0.25, 0.3) is 5.91 Å². The Labute approximate surface area is 192 Å². The van der Waals surface area contributed by atoms with Crippen molar-refractivity contribution in [2.24, 2.45) is 0 Å². The fraction of sp³-hybridized carbons (Fsp3) is 0.320. The molecule has 0 atom stereocenters. The van der Waals surface area contributed by atoms with Gasteiger partial charge in [-0.25, -0.2) is 0 Å². The van der Waals surface area contributed by atoms with E-state index in [1.165, 1.54) is 23.6 Å². The van der Waals surface area contributed by atoms with Crippen LogP contribution in [0.4, 0.5) is 5.69 Å². The van der Waals surface area contributed by atoms with Gasteiger partial charge >= 0.3 is 11.9 Å². The van der Waals surface area contributed by atoms with Crippen LogP contribution in [0.15, 0.2) is 52.3 Å². The second kappa shape index (κ2) is 9.61. The summed E-state index contributed by atoms with van der Waals surface area (Å²) in [5.74, 6) is -0.597. The number of thioether (sulfide) groups is 1. The van der Waals surface area contributed by atoms with Gasteiger partial charge in [0.2, 0.25) is 0 Å². The Balaban J connectivity index is 2.02. The fourth-order valence-corrected chi connectivity index (χ4v) is 4.43. The van der Waals surface area contributed by atoms with Gasteiger partial charge in [-0.15, -0.1) is 0 Å². The summed E-state index contributed by atoms with van der Waals surface area (Å²) in [6.45, 7) is 9.30. The monoisotopic (exact) mass is 453 g/mol. The number of anilines is 1. The van der Waals surface area contributed by atoms with Crippen LogP contribution in [-0.4, -0.2) is 31.0 Å². The third-order valence-corrected chi connectivity index (χ3v) is 5.87. The Morgan fingerprint density at radius 1 is 1.12 bits per heavy atom. The number of carbonyl (C=O) groups excluding carboxylic acids is 3. The highest BCUT2D eigenvalue weighted by Gasteiger charge is 2.31. The lowest BCUT2D eigenvalue weighted by atomic mass is 9.85. The van der Waals surface area contributed by atoms with E-state index in [0.29, 0.717) is 16.3 Å². The Morgan fingerprint density at radius 3 is 2.50 bits per heavy atom. The molecule has 2 aromatic rings. The Morgan fingerprint density at radius 2 is 1.84 bits per heavy atom. The maximum atomic E-state index is 13.3. The number of benzene rings is 2. The van der Waals surface area contributed by atoms with Crippen LogP contribution in [0.5, 0.6) is 5.75 Å². The number of carbonyl (C=O) groups is 3. The summed E-state index contributed by atoms with van der Waals surface area (Å²) >= 11 is 1.36. The molecule has 6 nitrogen and oxygen atoms in total. The molecule has 0 aromatic heterocycles. The second-order valence-corrected chi connectivity index (χ2v) is 9.46. The first-order chi connectivity index (χ1) is 15.1. The minimum atomic E-state index is -0.456. The minimum Gasteiger partial charge on any atom is -0.465 e. The number of amides is 1. The van der Waals surface area contributed by atoms with E-state index < -0.39 is 5.97 Å². The molecule has 0 fully saturated rings. The van der Waals surface area contributed by atoms with Crippen LogP contribution in [-0.2, 0) is 24.5 Å². The van der Waals surface area contributed by atoms with Crippen LogP contribution < -0.4 is 9.64 Å². The number of esters is 2. The highest BCUT2D eigenvalue weighted by molar-refractivity contribution is 8.04. The van der Waals surface area contributed by atoms with Gasteiger partial charge in [-0.1, -0.05) is 50.7 Å². The number of ether oxygens (including phenoxy) is 2. The summed E-state index contributed by atoms with van der Waals surface area (Å²) in [7, 11) is 0. The van der Waals surface area contributed by atoms with Crippen molar-refractivity contribution in [3.63, 3.8) is 0 Å². The molecule has 0 spiro atoms. The highest BCUT2D eigenvalue weighted by atomic mass is 32.2. The van der Waals surface area contributed by atoms with Crippen molar-refractivity contribution in [1.29, 1.82) is 0 Å². The van der Waals surface area contributed by atoms with E-state index >= 15 is 0 Å². The van der Waals surface area contributed by atoms with Gasteiger partial charge in [-0.2, -0.15) is 0 Å². The molecule has 0 aliphatic carbocycles. The molecule has 1 amide bonds. The largest absolute Gasteiger partial charge is 0.465 e. The molecule has 1 aliphatic rings. The van der Waals surface area contributed by atoms with E-state index in [1.54, 1.807) is 19.1 Å². The zero-order chi connectivity index (χ0) is 23.5. The van der Waals surface area contributed by atoms with Crippen molar-refractivity contribution >= 4 is 41.4 Å². The summed E-state index contributed by atoms with van der Waals surface area (Å²) < 4.78 is 10.4. The maximum absolute atomic E-state index is 13.3. The number of nitrogens with zero attached hydrogens (tertiary/aromatic N) is 1. The van der Waals surface area contributed by atoms with Crippen molar-refractivity contribution < 1.29 is 23.9 Å². The molecular weight excluding hydrogens is 426 g/mol. The van der Waals surface area contributed by atoms with E-state index in [-0.39, 0.29) is 30.4 Å². The number of para-hydroxylation sites is 1. The maximum Gasteiger partial charge on any atom is 0.326 e. The Bertz CT molecular complexity index is 1080. The zero-order valence-corrected chi connectivity index (χ0v) is 19.7. The summed E-state index contributed by atoms with van der Waals surface area (Å²) in [5, 5.41) is 0. The van der Waals surface area contributed by atoms with Crippen LogP contribution in [0.2, 0.25) is 0 Å². The van der Waals surface area contributed by atoms with Crippen LogP contribution in [0.1, 0.15) is 45.7 Å². The predicted molar refractivity (Wildman–Crippen MR) is 126 cm³/mol. The smallest absolute Gasteiger partial charge is 0.326 e. The molecule has 1 aliphatic heterocycles. The topological polar surface area (TPSA) is 72.9 Å². The second-order valence-electron chi connectivity index (χ2n) is 8.37. The van der Waals surface area contributed by atoms with Crippen molar-refractivity contribution in [1.82, 2.24) is 0 Å². The summed E-state index contributed by atoms with van der Waals surface area (Å²) in [6.07, 6.45) is 1.80. The fourth-order valence-electron chi connectivity index (χ4n) is 3.37. The van der Waals surface area contributed by atoms with E-state index in [2.05, 4.69) is 0 Å². The first-order valence-corrected chi connectivity index (χ1v) is 11.2. The van der Waals surface area contributed by atoms with Crippen LogP contribution in [0.3, 0.4) is 0 Å². The lowest BCUT2D eigenvalue weighted by molar-refractivity contribution is -0.142. The Kier molecular flexibility index (Phi) is 7.09. The van der Waals surface area contributed by atoms with E-state index in [0.717, 1.165) is 16.0 Å². The van der Waals surface area contributed by atoms with Crippen LogP contribution >= 0.6 is 11.8 Å². The molecular formula is C25H27NO5S. The van der Waals surface area contributed by atoms with Crippen molar-refractivity contribution in [2.75, 3.05) is 18.1 Å². The summed E-state index contributed by atoms with van der Waals surface area (Å²) in [4.78, 5) is 39.7. The molecule has 0 bridgehead atoms.